The molecular formula is C31H38N6O6. The highest BCUT2D eigenvalue weighted by Crippen LogP contribution is 2.10. The van der Waals surface area contributed by atoms with E-state index >= 15 is 0 Å². The van der Waals surface area contributed by atoms with Gasteiger partial charge in [-0.1, -0.05) is 65.8 Å². The number of ether oxygens (including phenoxy) is 1. The molecule has 12 heteroatoms. The molecule has 4 amide bonds. The number of hydrogen-bond donors (Lipinski definition) is 4. The summed E-state index contributed by atoms with van der Waals surface area (Å²) < 4.78 is 10.6. The number of fused-ring (bicyclic) bond motifs is 2. The molecule has 0 fully saturated rings. The molecule has 4 N–H and O–H groups in total. The zero-order chi connectivity index (χ0) is 30.6. The molecule has 0 spiro atoms. The van der Waals surface area contributed by atoms with Crippen molar-refractivity contribution < 1.29 is 28.4 Å². The Morgan fingerprint density at radius 1 is 0.860 bits per heavy atom. The number of carbonyl (C=O) groups excluding carboxylic acids is 4. The zero-order valence-electron chi connectivity index (χ0n) is 24.4. The highest BCUT2D eigenvalue weighted by molar-refractivity contribution is 5.97. The number of nitrogens with one attached hydrogen (secondary N) is 4. The molecule has 12 nitrogen and oxygen atoms in total. The molecule has 1 aliphatic rings. The number of amides is 4. The second-order valence-electron chi connectivity index (χ2n) is 10.4. The van der Waals surface area contributed by atoms with Gasteiger partial charge in [0, 0.05) is 45.7 Å². The number of hydrogen-bond acceptors (Lipinski definition) is 8. The van der Waals surface area contributed by atoms with Crippen molar-refractivity contribution in [1.82, 2.24) is 31.3 Å². The number of rotatable bonds is 7. The SMILES string of the molecule is COCCN1CCNC(=O)[C@@H](Cc2ccccc2)NC(=O)[C@H](Cc2ccccc2)NC(=O)[C@H](C)NC(=O)c2cc(on2)C1. The predicted octanol–water partition coefficient (Wildman–Crippen LogP) is 0.826. The van der Waals surface area contributed by atoms with Gasteiger partial charge in [-0.3, -0.25) is 24.1 Å². The maximum Gasteiger partial charge on any atom is 0.274 e. The van der Waals surface area contributed by atoms with Crippen LogP contribution < -0.4 is 21.3 Å². The lowest BCUT2D eigenvalue weighted by molar-refractivity contribution is -0.132. The van der Waals surface area contributed by atoms with Gasteiger partial charge in [0.15, 0.2) is 11.5 Å². The maximum absolute atomic E-state index is 13.7. The lowest BCUT2D eigenvalue weighted by Gasteiger charge is -2.25. The topological polar surface area (TPSA) is 155 Å². The van der Waals surface area contributed by atoms with Crippen molar-refractivity contribution in [2.45, 2.75) is 44.4 Å². The Kier molecular flexibility index (Phi) is 11.4. The molecule has 0 unspecified atom stereocenters. The minimum Gasteiger partial charge on any atom is -0.383 e. The molecule has 0 saturated heterocycles. The Balaban J connectivity index is 1.62. The molecule has 1 aromatic heterocycles. The van der Waals surface area contributed by atoms with E-state index in [1.54, 1.807) is 7.11 Å². The second-order valence-corrected chi connectivity index (χ2v) is 10.4. The van der Waals surface area contributed by atoms with Gasteiger partial charge in [0.2, 0.25) is 17.7 Å². The van der Waals surface area contributed by atoms with Crippen LogP contribution in [-0.2, 0) is 38.5 Å². The highest BCUT2D eigenvalue weighted by Gasteiger charge is 2.29. The van der Waals surface area contributed by atoms with Crippen LogP contribution in [0.5, 0.6) is 0 Å². The average Bonchev–Trinajstić information content (AvgIpc) is 3.48. The summed E-state index contributed by atoms with van der Waals surface area (Å²) in [6.45, 7) is 3.55. The van der Waals surface area contributed by atoms with E-state index < -0.39 is 35.8 Å². The van der Waals surface area contributed by atoms with Gasteiger partial charge in [-0.05, 0) is 18.1 Å². The quantitative estimate of drug-likeness (QED) is 0.316. The first-order valence-electron chi connectivity index (χ1n) is 14.3. The largest absolute Gasteiger partial charge is 0.383 e. The summed E-state index contributed by atoms with van der Waals surface area (Å²) in [5.74, 6) is -1.57. The monoisotopic (exact) mass is 590 g/mol. The van der Waals surface area contributed by atoms with E-state index in [0.717, 1.165) is 11.1 Å². The zero-order valence-corrected chi connectivity index (χ0v) is 24.4. The number of methoxy groups -OCH3 is 1. The molecule has 3 aromatic rings. The van der Waals surface area contributed by atoms with E-state index in [-0.39, 0.29) is 31.0 Å². The Morgan fingerprint density at radius 3 is 2.09 bits per heavy atom. The summed E-state index contributed by atoms with van der Waals surface area (Å²) in [5.41, 5.74) is 1.71. The third-order valence-electron chi connectivity index (χ3n) is 7.08. The van der Waals surface area contributed by atoms with Crippen LogP contribution in [0.4, 0.5) is 0 Å². The van der Waals surface area contributed by atoms with E-state index in [2.05, 4.69) is 26.4 Å². The lowest BCUT2D eigenvalue weighted by Crippen LogP contribution is -2.57. The summed E-state index contributed by atoms with van der Waals surface area (Å²) >= 11 is 0. The smallest absolute Gasteiger partial charge is 0.274 e. The molecule has 3 atom stereocenters. The third kappa shape index (κ3) is 9.48. The van der Waals surface area contributed by atoms with Crippen LogP contribution in [0.3, 0.4) is 0 Å². The molecule has 2 heterocycles. The minimum atomic E-state index is -1.01. The summed E-state index contributed by atoms with van der Waals surface area (Å²) in [4.78, 5) is 55.2. The summed E-state index contributed by atoms with van der Waals surface area (Å²) in [6, 6.07) is 17.2. The molecular weight excluding hydrogens is 552 g/mol. The van der Waals surface area contributed by atoms with Crippen LogP contribution in [0.25, 0.3) is 0 Å². The Hall–Kier alpha value is -4.55. The highest BCUT2D eigenvalue weighted by atomic mass is 16.5. The van der Waals surface area contributed by atoms with E-state index in [1.165, 1.54) is 13.0 Å². The summed E-state index contributed by atoms with van der Waals surface area (Å²) in [7, 11) is 1.60. The fourth-order valence-electron chi connectivity index (χ4n) is 4.69. The van der Waals surface area contributed by atoms with E-state index in [9.17, 15) is 19.2 Å². The maximum atomic E-state index is 13.7. The number of nitrogens with zero attached hydrogens (tertiary/aromatic N) is 2. The Labute approximate surface area is 250 Å². The van der Waals surface area contributed by atoms with Crippen LogP contribution in [0.1, 0.15) is 34.3 Å². The summed E-state index contributed by atoms with van der Waals surface area (Å²) in [5, 5.41) is 15.0. The predicted molar refractivity (Wildman–Crippen MR) is 158 cm³/mol. The standard InChI is InChI=1S/C31H38N6O6/c1-21-28(38)34-26(18-23-11-7-4-8-12-23)30(40)35-25(17-22-9-5-3-6-10-22)29(39)32-13-14-37(15-16-42-2)20-24-19-27(36-43-24)31(41)33-21/h3-12,19,21,25-26H,13-18,20H2,1-2H3,(H,32,39)(H,33,41)(H,34,38)(H,35,40)/t21-,25+,26-/m0/s1. The molecule has 43 heavy (non-hydrogen) atoms. The second kappa shape index (κ2) is 15.6. The van der Waals surface area contributed by atoms with Gasteiger partial charge >= 0.3 is 0 Å². The van der Waals surface area contributed by atoms with Gasteiger partial charge in [-0.15, -0.1) is 0 Å². The van der Waals surface area contributed by atoms with Crippen LogP contribution >= 0.6 is 0 Å². The minimum absolute atomic E-state index is 0.0260. The number of aromatic nitrogens is 1. The van der Waals surface area contributed by atoms with Crippen molar-refractivity contribution >= 4 is 23.6 Å². The molecule has 2 bridgehead atoms. The van der Waals surface area contributed by atoms with Crippen molar-refractivity contribution in [1.29, 1.82) is 0 Å². The van der Waals surface area contributed by atoms with Crippen LogP contribution in [0.2, 0.25) is 0 Å². The van der Waals surface area contributed by atoms with Gasteiger partial charge in [-0.2, -0.15) is 0 Å². The number of carbonyl (C=O) groups is 4. The van der Waals surface area contributed by atoms with Crippen LogP contribution in [0, 0.1) is 0 Å². The number of benzene rings is 2. The molecule has 4 rings (SSSR count). The van der Waals surface area contributed by atoms with Crippen molar-refractivity contribution in [3.8, 4) is 0 Å². The van der Waals surface area contributed by atoms with Gasteiger partial charge in [0.25, 0.3) is 5.91 Å². The lowest BCUT2D eigenvalue weighted by atomic mass is 10.0. The Morgan fingerprint density at radius 2 is 1.47 bits per heavy atom. The van der Waals surface area contributed by atoms with E-state index in [1.807, 2.05) is 65.6 Å². The van der Waals surface area contributed by atoms with Crippen molar-refractivity contribution in [3.05, 3.63) is 89.3 Å². The first kappa shape index (κ1) is 31.4. The van der Waals surface area contributed by atoms with E-state index in [0.29, 0.717) is 32.0 Å². The van der Waals surface area contributed by atoms with Gasteiger partial charge in [0.1, 0.15) is 18.1 Å². The third-order valence-corrected chi connectivity index (χ3v) is 7.08. The first-order valence-corrected chi connectivity index (χ1v) is 14.3. The fourth-order valence-corrected chi connectivity index (χ4v) is 4.69. The fraction of sp³-hybridized carbons (Fsp3) is 0.387. The first-order chi connectivity index (χ1) is 20.8. The van der Waals surface area contributed by atoms with Crippen LogP contribution in [-0.4, -0.2) is 85.2 Å². The van der Waals surface area contributed by atoms with Crippen molar-refractivity contribution in [3.63, 3.8) is 0 Å². The molecule has 0 saturated carbocycles. The van der Waals surface area contributed by atoms with E-state index in [4.69, 9.17) is 9.26 Å². The Bertz CT molecular complexity index is 1370. The van der Waals surface area contributed by atoms with Crippen molar-refractivity contribution in [2.24, 2.45) is 0 Å². The van der Waals surface area contributed by atoms with Crippen LogP contribution in [0.15, 0.2) is 71.3 Å². The van der Waals surface area contributed by atoms with Gasteiger partial charge in [0.05, 0.1) is 13.2 Å². The molecule has 0 radical (unpaired) electrons. The molecule has 0 aliphatic carbocycles. The van der Waals surface area contributed by atoms with Gasteiger partial charge in [-0.25, -0.2) is 0 Å². The van der Waals surface area contributed by atoms with Crippen molar-refractivity contribution in [2.75, 3.05) is 33.4 Å². The normalized spacial score (nSPS) is 21.1. The molecule has 1 aliphatic heterocycles. The molecule has 2 aromatic carbocycles. The average molecular weight is 591 g/mol. The summed E-state index contributed by atoms with van der Waals surface area (Å²) in [6.07, 6.45) is 0.435. The molecule has 228 valence electrons. The van der Waals surface area contributed by atoms with Gasteiger partial charge < -0.3 is 30.5 Å².